The van der Waals surface area contributed by atoms with Crippen LogP contribution in [0.15, 0.2) is 18.2 Å². The number of carbonyl (C=O) groups excluding carboxylic acids is 1. The lowest BCUT2D eigenvalue weighted by Gasteiger charge is -2.16. The lowest BCUT2D eigenvalue weighted by molar-refractivity contribution is -0.122. The molecule has 5 heteroatoms. The predicted octanol–water partition coefficient (Wildman–Crippen LogP) is 1.80. The highest BCUT2D eigenvalue weighted by molar-refractivity contribution is 6.31. The summed E-state index contributed by atoms with van der Waals surface area (Å²) in [6.45, 7) is 1.14. The fraction of sp³-hybridized carbons (Fsp3) is 0.462. The van der Waals surface area contributed by atoms with Crippen molar-refractivity contribution < 1.29 is 9.90 Å². The maximum absolute atomic E-state index is 11.7. The Hall–Kier alpha value is -1.26. The van der Waals surface area contributed by atoms with E-state index in [2.05, 4.69) is 10.6 Å². The van der Waals surface area contributed by atoms with E-state index in [1.165, 1.54) is 0 Å². The van der Waals surface area contributed by atoms with Crippen molar-refractivity contribution >= 4 is 17.5 Å². The van der Waals surface area contributed by atoms with Gasteiger partial charge in [0.1, 0.15) is 5.75 Å². The molecule has 18 heavy (non-hydrogen) atoms. The van der Waals surface area contributed by atoms with Crippen molar-refractivity contribution in [1.29, 1.82) is 0 Å². The topological polar surface area (TPSA) is 61.4 Å². The normalized spacial score (nSPS) is 20.3. The number of benzene rings is 1. The average molecular weight is 269 g/mol. The maximum atomic E-state index is 11.7. The van der Waals surface area contributed by atoms with E-state index in [0.717, 1.165) is 25.8 Å². The average Bonchev–Trinajstić information content (AvgIpc) is 2.54. The molecule has 1 aromatic carbocycles. The van der Waals surface area contributed by atoms with Gasteiger partial charge in [-0.1, -0.05) is 17.7 Å². The summed E-state index contributed by atoms with van der Waals surface area (Å²) in [6.07, 6.45) is 2.85. The number of hydrogen-bond acceptors (Lipinski definition) is 3. The SMILES string of the molecule is O=C1NCCCCC1NCc1c(O)cccc1Cl. The van der Waals surface area contributed by atoms with Gasteiger partial charge in [-0.2, -0.15) is 0 Å². The van der Waals surface area contributed by atoms with Crippen molar-refractivity contribution in [2.75, 3.05) is 6.54 Å². The van der Waals surface area contributed by atoms with E-state index in [1.807, 2.05) is 0 Å². The van der Waals surface area contributed by atoms with Crippen LogP contribution in [-0.4, -0.2) is 23.6 Å². The Morgan fingerprint density at radius 2 is 2.28 bits per heavy atom. The lowest BCUT2D eigenvalue weighted by Crippen LogP contribution is -2.42. The Morgan fingerprint density at radius 1 is 1.44 bits per heavy atom. The van der Waals surface area contributed by atoms with Gasteiger partial charge in [-0.3, -0.25) is 4.79 Å². The molecule has 3 N–H and O–H groups in total. The van der Waals surface area contributed by atoms with Crippen LogP contribution in [0.5, 0.6) is 5.75 Å². The molecule has 98 valence electrons. The zero-order valence-corrected chi connectivity index (χ0v) is 10.8. The van der Waals surface area contributed by atoms with Gasteiger partial charge in [0, 0.05) is 23.7 Å². The van der Waals surface area contributed by atoms with Crippen molar-refractivity contribution in [3.8, 4) is 5.75 Å². The second-order valence-corrected chi connectivity index (χ2v) is 4.87. The van der Waals surface area contributed by atoms with Crippen LogP contribution in [0.1, 0.15) is 24.8 Å². The first-order chi connectivity index (χ1) is 8.68. The standard InChI is InChI=1S/C13H17ClN2O2/c14-10-4-3-6-12(17)9(10)8-16-11-5-1-2-7-15-13(11)18/h3-4,6,11,16-17H,1-2,5,7-8H2,(H,15,18). The van der Waals surface area contributed by atoms with Gasteiger partial charge in [0.2, 0.25) is 5.91 Å². The van der Waals surface area contributed by atoms with E-state index in [1.54, 1.807) is 18.2 Å². The van der Waals surface area contributed by atoms with Crippen molar-refractivity contribution in [3.63, 3.8) is 0 Å². The summed E-state index contributed by atoms with van der Waals surface area (Å²) in [5.41, 5.74) is 0.635. The number of rotatable bonds is 3. The van der Waals surface area contributed by atoms with Gasteiger partial charge in [0.25, 0.3) is 0 Å². The number of nitrogens with one attached hydrogen (secondary N) is 2. The highest BCUT2D eigenvalue weighted by atomic mass is 35.5. The highest BCUT2D eigenvalue weighted by Gasteiger charge is 2.20. The monoisotopic (exact) mass is 268 g/mol. The third kappa shape index (κ3) is 3.15. The van der Waals surface area contributed by atoms with E-state index in [4.69, 9.17) is 11.6 Å². The zero-order chi connectivity index (χ0) is 13.0. The van der Waals surface area contributed by atoms with E-state index in [-0.39, 0.29) is 17.7 Å². The highest BCUT2D eigenvalue weighted by Crippen LogP contribution is 2.25. The van der Waals surface area contributed by atoms with Gasteiger partial charge in [0.05, 0.1) is 6.04 Å². The number of hydrogen-bond donors (Lipinski definition) is 3. The second kappa shape index (κ2) is 6.07. The molecule has 2 rings (SSSR count). The van der Waals surface area contributed by atoms with Crippen LogP contribution >= 0.6 is 11.6 Å². The first kappa shape index (κ1) is 13.2. The van der Waals surface area contributed by atoms with Crippen molar-refractivity contribution in [2.45, 2.75) is 31.8 Å². The van der Waals surface area contributed by atoms with Crippen LogP contribution in [0, 0.1) is 0 Å². The number of halogens is 1. The van der Waals surface area contributed by atoms with E-state index < -0.39 is 0 Å². The smallest absolute Gasteiger partial charge is 0.237 e. The summed E-state index contributed by atoms with van der Waals surface area (Å²) in [4.78, 5) is 11.7. The van der Waals surface area contributed by atoms with Gasteiger partial charge in [-0.05, 0) is 31.4 Å². The molecule has 1 unspecified atom stereocenters. The molecule has 0 spiro atoms. The molecular weight excluding hydrogens is 252 g/mol. The molecule has 1 heterocycles. The Labute approximate surface area is 111 Å². The van der Waals surface area contributed by atoms with Gasteiger partial charge in [0.15, 0.2) is 0 Å². The molecule has 1 aromatic rings. The fourth-order valence-electron chi connectivity index (χ4n) is 2.08. The van der Waals surface area contributed by atoms with Crippen molar-refractivity contribution in [1.82, 2.24) is 10.6 Å². The third-order valence-electron chi connectivity index (χ3n) is 3.15. The molecule has 0 radical (unpaired) electrons. The molecular formula is C13H17ClN2O2. The second-order valence-electron chi connectivity index (χ2n) is 4.46. The van der Waals surface area contributed by atoms with Gasteiger partial charge < -0.3 is 15.7 Å². The molecule has 1 atom stereocenters. The van der Waals surface area contributed by atoms with Gasteiger partial charge in [-0.15, -0.1) is 0 Å². The van der Waals surface area contributed by atoms with Crippen LogP contribution in [0.25, 0.3) is 0 Å². The Morgan fingerprint density at radius 3 is 3.06 bits per heavy atom. The minimum absolute atomic E-state index is 0.0269. The number of amides is 1. The predicted molar refractivity (Wildman–Crippen MR) is 70.6 cm³/mol. The van der Waals surface area contributed by atoms with E-state index in [0.29, 0.717) is 17.1 Å². The molecule has 1 aliphatic rings. The summed E-state index contributed by atoms with van der Waals surface area (Å²) in [5, 5.41) is 16.2. The van der Waals surface area contributed by atoms with E-state index >= 15 is 0 Å². The van der Waals surface area contributed by atoms with Crippen molar-refractivity contribution in [2.24, 2.45) is 0 Å². The molecule has 4 nitrogen and oxygen atoms in total. The summed E-state index contributed by atoms with van der Waals surface area (Å²) in [7, 11) is 0. The molecule has 0 aromatic heterocycles. The van der Waals surface area contributed by atoms with Gasteiger partial charge in [-0.25, -0.2) is 0 Å². The third-order valence-corrected chi connectivity index (χ3v) is 3.51. The van der Waals surface area contributed by atoms with Gasteiger partial charge >= 0.3 is 0 Å². The minimum atomic E-state index is -0.205. The van der Waals surface area contributed by atoms with E-state index in [9.17, 15) is 9.90 Å². The molecule has 1 fully saturated rings. The summed E-state index contributed by atoms with van der Waals surface area (Å²) >= 11 is 6.02. The zero-order valence-electron chi connectivity index (χ0n) is 10.1. The minimum Gasteiger partial charge on any atom is -0.508 e. The van der Waals surface area contributed by atoms with Crippen molar-refractivity contribution in [3.05, 3.63) is 28.8 Å². The number of carbonyl (C=O) groups is 1. The van der Waals surface area contributed by atoms with Crippen LogP contribution in [-0.2, 0) is 11.3 Å². The largest absolute Gasteiger partial charge is 0.508 e. The molecule has 0 saturated carbocycles. The molecule has 1 aliphatic heterocycles. The van der Waals surface area contributed by atoms with Crippen LogP contribution in [0.4, 0.5) is 0 Å². The Kier molecular flexibility index (Phi) is 4.44. The Balaban J connectivity index is 2.00. The summed E-state index contributed by atoms with van der Waals surface area (Å²) in [6, 6.07) is 4.81. The number of aromatic hydroxyl groups is 1. The molecule has 0 aliphatic carbocycles. The fourth-order valence-corrected chi connectivity index (χ4v) is 2.32. The number of phenolic OH excluding ortho intramolecular Hbond substituents is 1. The molecule has 1 amide bonds. The summed E-state index contributed by atoms with van der Waals surface area (Å²) < 4.78 is 0. The van der Waals surface area contributed by atoms with Crippen LogP contribution < -0.4 is 10.6 Å². The maximum Gasteiger partial charge on any atom is 0.237 e. The molecule has 1 saturated heterocycles. The van der Waals surface area contributed by atoms with Crippen LogP contribution in [0.3, 0.4) is 0 Å². The first-order valence-corrected chi connectivity index (χ1v) is 6.53. The summed E-state index contributed by atoms with van der Waals surface area (Å²) in [5.74, 6) is 0.183. The number of phenols is 1. The quantitative estimate of drug-likeness (QED) is 0.783. The molecule has 0 bridgehead atoms. The first-order valence-electron chi connectivity index (χ1n) is 6.16. The van der Waals surface area contributed by atoms with Crippen LogP contribution in [0.2, 0.25) is 5.02 Å². The lowest BCUT2D eigenvalue weighted by atomic mass is 10.1. The Bertz CT molecular complexity index is 417.